The van der Waals surface area contributed by atoms with E-state index >= 15 is 0 Å². The Morgan fingerprint density at radius 1 is 1.56 bits per heavy atom. The largest absolute Gasteiger partial charge is 0.346 e. The third kappa shape index (κ3) is 2.64. The number of halogens is 1. The monoisotopic (exact) mass is 287 g/mol. The maximum absolute atomic E-state index is 12.1. The van der Waals surface area contributed by atoms with Crippen molar-refractivity contribution in [2.75, 3.05) is 0 Å². The summed E-state index contributed by atoms with van der Waals surface area (Å²) in [5.41, 5.74) is 1.19. The van der Waals surface area contributed by atoms with Gasteiger partial charge in [-0.25, -0.2) is 0 Å². The van der Waals surface area contributed by atoms with Gasteiger partial charge in [0.05, 0.1) is 10.2 Å². The topological polar surface area (TPSA) is 46.9 Å². The summed E-state index contributed by atoms with van der Waals surface area (Å²) in [7, 11) is 1.77. The summed E-state index contributed by atoms with van der Waals surface area (Å²) in [5, 5.41) is 7.18. The highest BCUT2D eigenvalue weighted by atomic mass is 79.9. The SMILES string of the molecule is CCC(C)(C)NC(=O)c1c(Br)c(C)nn1C. The van der Waals surface area contributed by atoms with E-state index < -0.39 is 0 Å². The van der Waals surface area contributed by atoms with E-state index in [4.69, 9.17) is 0 Å². The summed E-state index contributed by atoms with van der Waals surface area (Å²) >= 11 is 3.39. The van der Waals surface area contributed by atoms with Crippen molar-refractivity contribution in [3.63, 3.8) is 0 Å². The molecule has 0 aliphatic heterocycles. The van der Waals surface area contributed by atoms with E-state index in [9.17, 15) is 4.79 Å². The standard InChI is InChI=1S/C11H18BrN3O/c1-6-11(3,4)13-10(16)9-8(12)7(2)14-15(9)5/h6H2,1-5H3,(H,13,16). The number of nitrogens with one attached hydrogen (secondary N) is 1. The summed E-state index contributed by atoms with van der Waals surface area (Å²) in [6.45, 7) is 7.92. The number of hydrogen-bond acceptors (Lipinski definition) is 2. The number of carbonyl (C=O) groups is 1. The molecule has 90 valence electrons. The maximum atomic E-state index is 12.1. The van der Waals surface area contributed by atoms with Crippen molar-refractivity contribution in [2.24, 2.45) is 7.05 Å². The summed E-state index contributed by atoms with van der Waals surface area (Å²) in [4.78, 5) is 12.1. The minimum Gasteiger partial charge on any atom is -0.346 e. The highest BCUT2D eigenvalue weighted by Gasteiger charge is 2.23. The number of nitrogens with zero attached hydrogens (tertiary/aromatic N) is 2. The molecular formula is C11H18BrN3O. The van der Waals surface area contributed by atoms with Gasteiger partial charge in [0.2, 0.25) is 0 Å². The molecule has 16 heavy (non-hydrogen) atoms. The lowest BCUT2D eigenvalue weighted by Crippen LogP contribution is -2.43. The quantitative estimate of drug-likeness (QED) is 0.928. The third-order valence-electron chi connectivity index (χ3n) is 2.70. The van der Waals surface area contributed by atoms with Gasteiger partial charge >= 0.3 is 0 Å². The van der Waals surface area contributed by atoms with Crippen molar-refractivity contribution in [3.8, 4) is 0 Å². The van der Waals surface area contributed by atoms with Crippen LogP contribution >= 0.6 is 15.9 Å². The minimum absolute atomic E-state index is 0.0955. The number of hydrogen-bond donors (Lipinski definition) is 1. The molecule has 0 spiro atoms. The van der Waals surface area contributed by atoms with Gasteiger partial charge in [-0.05, 0) is 43.1 Å². The molecule has 1 rings (SSSR count). The normalized spacial score (nSPS) is 11.6. The number of carbonyl (C=O) groups excluding carboxylic acids is 1. The molecule has 1 N–H and O–H groups in total. The zero-order valence-electron chi connectivity index (χ0n) is 10.4. The molecule has 0 bridgehead atoms. The van der Waals surface area contributed by atoms with Gasteiger partial charge in [-0.2, -0.15) is 5.10 Å². The van der Waals surface area contributed by atoms with Crippen LogP contribution in [0.5, 0.6) is 0 Å². The van der Waals surface area contributed by atoms with Crippen molar-refractivity contribution in [1.82, 2.24) is 15.1 Å². The Morgan fingerprint density at radius 2 is 2.12 bits per heavy atom. The minimum atomic E-state index is -0.200. The van der Waals surface area contributed by atoms with Crippen LogP contribution in [0.3, 0.4) is 0 Å². The van der Waals surface area contributed by atoms with Gasteiger partial charge in [0.1, 0.15) is 5.69 Å². The van der Waals surface area contributed by atoms with E-state index in [1.54, 1.807) is 11.7 Å². The Balaban J connectivity index is 2.98. The van der Waals surface area contributed by atoms with Crippen molar-refractivity contribution < 1.29 is 4.79 Å². The Labute approximate surface area is 105 Å². The van der Waals surface area contributed by atoms with Gasteiger partial charge < -0.3 is 5.32 Å². The summed E-state index contributed by atoms with van der Waals surface area (Å²) in [6, 6.07) is 0. The second kappa shape index (κ2) is 4.57. The molecule has 0 aliphatic rings. The van der Waals surface area contributed by atoms with Gasteiger partial charge in [-0.3, -0.25) is 9.48 Å². The molecule has 0 radical (unpaired) electrons. The number of rotatable bonds is 3. The van der Waals surface area contributed by atoms with E-state index in [-0.39, 0.29) is 11.4 Å². The second-order valence-electron chi connectivity index (χ2n) is 4.56. The van der Waals surface area contributed by atoms with Gasteiger partial charge in [-0.1, -0.05) is 6.92 Å². The van der Waals surface area contributed by atoms with Crippen molar-refractivity contribution in [2.45, 2.75) is 39.7 Å². The third-order valence-corrected chi connectivity index (χ3v) is 3.65. The molecular weight excluding hydrogens is 270 g/mol. The summed E-state index contributed by atoms with van der Waals surface area (Å²) < 4.78 is 2.36. The first-order chi connectivity index (χ1) is 7.28. The van der Waals surface area contributed by atoms with E-state index in [0.29, 0.717) is 5.69 Å². The summed E-state index contributed by atoms with van der Waals surface area (Å²) in [6.07, 6.45) is 0.882. The zero-order valence-corrected chi connectivity index (χ0v) is 12.0. The van der Waals surface area contributed by atoms with Gasteiger partial charge in [0.25, 0.3) is 5.91 Å². The van der Waals surface area contributed by atoms with Crippen LogP contribution in [0.4, 0.5) is 0 Å². The molecule has 0 aromatic carbocycles. The lowest BCUT2D eigenvalue weighted by molar-refractivity contribution is 0.0900. The van der Waals surface area contributed by atoms with Crippen LogP contribution in [0.25, 0.3) is 0 Å². The van der Waals surface area contributed by atoms with Crippen LogP contribution in [-0.4, -0.2) is 21.2 Å². The summed E-state index contributed by atoms with van der Waals surface area (Å²) in [5.74, 6) is -0.0955. The number of aryl methyl sites for hydroxylation is 2. The Morgan fingerprint density at radius 3 is 2.50 bits per heavy atom. The second-order valence-corrected chi connectivity index (χ2v) is 5.36. The molecule has 0 fully saturated rings. The van der Waals surface area contributed by atoms with Crippen LogP contribution < -0.4 is 5.32 Å². The maximum Gasteiger partial charge on any atom is 0.271 e. The predicted octanol–water partition coefficient (Wildman–Crippen LogP) is 2.41. The number of amides is 1. The van der Waals surface area contributed by atoms with Crippen LogP contribution in [0, 0.1) is 6.92 Å². The average Bonchev–Trinajstić information content (AvgIpc) is 2.40. The fraction of sp³-hybridized carbons (Fsp3) is 0.636. The van der Waals surface area contributed by atoms with Gasteiger partial charge in [-0.15, -0.1) is 0 Å². The molecule has 4 nitrogen and oxygen atoms in total. The van der Waals surface area contributed by atoms with E-state index in [0.717, 1.165) is 16.6 Å². The van der Waals surface area contributed by atoms with Crippen LogP contribution in [0.2, 0.25) is 0 Å². The molecule has 0 saturated carbocycles. The van der Waals surface area contributed by atoms with Crippen LogP contribution in [0.15, 0.2) is 4.47 Å². The van der Waals surface area contributed by atoms with Gasteiger partial charge in [0, 0.05) is 12.6 Å². The molecule has 0 saturated heterocycles. The fourth-order valence-electron chi connectivity index (χ4n) is 1.33. The van der Waals surface area contributed by atoms with Crippen molar-refractivity contribution >= 4 is 21.8 Å². The molecule has 1 aromatic heterocycles. The first-order valence-corrected chi connectivity index (χ1v) is 6.09. The Kier molecular flexibility index (Phi) is 3.78. The Bertz CT molecular complexity index is 410. The van der Waals surface area contributed by atoms with Crippen LogP contribution in [0.1, 0.15) is 43.4 Å². The lowest BCUT2D eigenvalue weighted by Gasteiger charge is -2.24. The van der Waals surface area contributed by atoms with E-state index in [1.807, 2.05) is 27.7 Å². The van der Waals surface area contributed by atoms with E-state index in [1.165, 1.54) is 0 Å². The molecule has 1 heterocycles. The molecule has 0 aliphatic carbocycles. The molecule has 5 heteroatoms. The zero-order chi connectivity index (χ0) is 12.5. The smallest absolute Gasteiger partial charge is 0.271 e. The van der Waals surface area contributed by atoms with E-state index in [2.05, 4.69) is 26.3 Å². The first-order valence-electron chi connectivity index (χ1n) is 5.30. The van der Waals surface area contributed by atoms with Gasteiger partial charge in [0.15, 0.2) is 0 Å². The number of aromatic nitrogens is 2. The molecule has 1 amide bonds. The fourth-order valence-corrected chi connectivity index (χ4v) is 1.85. The lowest BCUT2D eigenvalue weighted by atomic mass is 10.0. The molecule has 0 unspecified atom stereocenters. The highest BCUT2D eigenvalue weighted by Crippen LogP contribution is 2.21. The molecule has 0 atom stereocenters. The molecule has 1 aromatic rings. The average molecular weight is 288 g/mol. The van der Waals surface area contributed by atoms with Crippen molar-refractivity contribution in [3.05, 3.63) is 15.9 Å². The first kappa shape index (κ1) is 13.2. The predicted molar refractivity (Wildman–Crippen MR) is 67.5 cm³/mol. The highest BCUT2D eigenvalue weighted by molar-refractivity contribution is 9.10. The Hall–Kier alpha value is -0.840. The van der Waals surface area contributed by atoms with Crippen molar-refractivity contribution in [1.29, 1.82) is 0 Å². The van der Waals surface area contributed by atoms with Crippen LogP contribution in [-0.2, 0) is 7.05 Å².